The zero-order valence-electron chi connectivity index (χ0n) is 16.7. The minimum Gasteiger partial charge on any atom is -0.504 e. The van der Waals surface area contributed by atoms with Crippen LogP contribution < -0.4 is 10.6 Å². The Morgan fingerprint density at radius 2 is 1.93 bits per heavy atom. The smallest absolute Gasteiger partial charge is 0.319 e. The van der Waals surface area contributed by atoms with Crippen molar-refractivity contribution in [2.75, 3.05) is 18.5 Å². The number of hydrogen-bond donors (Lipinski definition) is 3. The maximum absolute atomic E-state index is 13.3. The summed E-state index contributed by atoms with van der Waals surface area (Å²) in [6, 6.07) is 2.58. The first-order chi connectivity index (χ1) is 13.1. The number of nitrogens with one attached hydrogen (secondary N) is 2. The number of phenols is 1. The second-order valence-corrected chi connectivity index (χ2v) is 10.6. The van der Waals surface area contributed by atoms with Gasteiger partial charge in [0, 0.05) is 5.92 Å². The Kier molecular flexibility index (Phi) is 5.46. The average Bonchev–Trinajstić information content (AvgIpc) is 2.92. The minimum absolute atomic E-state index is 0.0478. The van der Waals surface area contributed by atoms with Gasteiger partial charge in [-0.05, 0) is 52.2 Å². The Balaban J connectivity index is 1.88. The van der Waals surface area contributed by atoms with Crippen molar-refractivity contribution in [1.29, 1.82) is 0 Å². The Labute approximate surface area is 166 Å². The molecule has 3 N–H and O–H groups in total. The summed E-state index contributed by atoms with van der Waals surface area (Å²) in [5.74, 6) is -0.574. The van der Waals surface area contributed by atoms with Crippen LogP contribution in [0.5, 0.6) is 5.75 Å². The van der Waals surface area contributed by atoms with E-state index in [2.05, 4.69) is 16.7 Å². The van der Waals surface area contributed by atoms with Crippen LogP contribution in [-0.4, -0.2) is 43.6 Å². The number of carbonyl (C=O) groups excluding carboxylic acids is 1. The largest absolute Gasteiger partial charge is 0.504 e. The van der Waals surface area contributed by atoms with E-state index in [1.54, 1.807) is 26.8 Å². The first-order valence-corrected chi connectivity index (χ1v) is 10.9. The molecule has 2 aliphatic rings. The number of phenolic OH excluding ortho intramolecular Hbond substituents is 1. The summed E-state index contributed by atoms with van der Waals surface area (Å²) in [7, 11) is -3.86. The molecule has 0 bridgehead atoms. The molecule has 154 valence electrons. The molecule has 3 rings (SSSR count). The molecule has 0 aromatic heterocycles. The summed E-state index contributed by atoms with van der Waals surface area (Å²) in [6.45, 7) is 7.64. The van der Waals surface area contributed by atoms with Crippen molar-refractivity contribution >= 4 is 21.6 Å². The molecule has 1 heterocycles. The molecule has 0 radical (unpaired) electrons. The van der Waals surface area contributed by atoms with Crippen molar-refractivity contribution < 1.29 is 23.1 Å². The third-order valence-corrected chi connectivity index (χ3v) is 8.71. The van der Waals surface area contributed by atoms with E-state index < -0.39 is 26.4 Å². The van der Waals surface area contributed by atoms with Gasteiger partial charge in [-0.15, -0.1) is 0 Å². The fraction of sp³-hybridized carbons (Fsp3) is 0.550. The van der Waals surface area contributed by atoms with Gasteiger partial charge in [0.05, 0.1) is 29.7 Å². The minimum atomic E-state index is -3.86. The fourth-order valence-electron chi connectivity index (χ4n) is 3.58. The predicted molar refractivity (Wildman–Crippen MR) is 107 cm³/mol. The van der Waals surface area contributed by atoms with Crippen molar-refractivity contribution in [3.05, 3.63) is 29.3 Å². The summed E-state index contributed by atoms with van der Waals surface area (Å²) in [5.41, 5.74) is 1.60. The SMILES string of the molecule is CC1=CCCC1NC(=O)Nc1ccc(C)c(S(=O)(=O)C(C)(C)C2COC2)c1O. The third-order valence-electron chi connectivity index (χ3n) is 5.94. The average molecular weight is 409 g/mol. The quantitative estimate of drug-likeness (QED) is 0.513. The highest BCUT2D eigenvalue weighted by molar-refractivity contribution is 7.93. The monoisotopic (exact) mass is 408 g/mol. The molecule has 1 fully saturated rings. The van der Waals surface area contributed by atoms with Crippen molar-refractivity contribution in [2.24, 2.45) is 5.92 Å². The lowest BCUT2D eigenvalue weighted by Crippen LogP contribution is -2.49. The maximum Gasteiger partial charge on any atom is 0.319 e. The van der Waals surface area contributed by atoms with Gasteiger partial charge in [-0.1, -0.05) is 17.7 Å². The predicted octanol–water partition coefficient (Wildman–Crippen LogP) is 3.13. The van der Waals surface area contributed by atoms with E-state index in [9.17, 15) is 18.3 Å². The lowest BCUT2D eigenvalue weighted by atomic mass is 9.93. The molecule has 1 aromatic carbocycles. The fourth-order valence-corrected chi connectivity index (χ4v) is 5.54. The molecule has 7 nitrogen and oxygen atoms in total. The van der Waals surface area contributed by atoms with Gasteiger partial charge in [0.2, 0.25) is 0 Å². The number of carbonyl (C=O) groups is 1. The number of hydrogen-bond acceptors (Lipinski definition) is 5. The van der Waals surface area contributed by atoms with Gasteiger partial charge in [-0.3, -0.25) is 0 Å². The van der Waals surface area contributed by atoms with E-state index >= 15 is 0 Å². The molecular formula is C20H28N2O5S. The number of urea groups is 1. The number of ether oxygens (including phenoxy) is 1. The summed E-state index contributed by atoms with van der Waals surface area (Å²) in [5, 5.41) is 16.2. The second-order valence-electron chi connectivity index (χ2n) is 8.13. The molecule has 1 unspecified atom stereocenters. The van der Waals surface area contributed by atoms with Crippen LogP contribution in [0.15, 0.2) is 28.7 Å². The van der Waals surface area contributed by atoms with Crippen molar-refractivity contribution in [1.82, 2.24) is 5.32 Å². The van der Waals surface area contributed by atoms with E-state index in [1.165, 1.54) is 6.07 Å². The van der Waals surface area contributed by atoms with Gasteiger partial charge in [-0.25, -0.2) is 13.2 Å². The Morgan fingerprint density at radius 3 is 2.46 bits per heavy atom. The van der Waals surface area contributed by atoms with Crippen molar-refractivity contribution in [3.8, 4) is 5.75 Å². The van der Waals surface area contributed by atoms with E-state index in [0.29, 0.717) is 18.8 Å². The number of anilines is 1. The molecule has 8 heteroatoms. The van der Waals surface area contributed by atoms with Crippen LogP contribution in [0.3, 0.4) is 0 Å². The zero-order valence-corrected chi connectivity index (χ0v) is 17.5. The van der Waals surface area contributed by atoms with E-state index in [4.69, 9.17) is 4.74 Å². The molecule has 1 aromatic rings. The van der Waals surface area contributed by atoms with E-state index in [1.807, 2.05) is 6.92 Å². The standard InChI is InChI=1S/C20H28N2O5S/c1-12-6-5-7-15(12)21-19(24)22-16-9-8-13(2)18(17(16)23)28(25,26)20(3,4)14-10-27-11-14/h6,8-9,14-15,23H,5,7,10-11H2,1-4H3,(H2,21,22,24). The van der Waals surface area contributed by atoms with Crippen molar-refractivity contribution in [2.45, 2.75) is 56.2 Å². The Morgan fingerprint density at radius 1 is 1.25 bits per heavy atom. The molecule has 0 saturated carbocycles. The van der Waals surface area contributed by atoms with Gasteiger partial charge >= 0.3 is 6.03 Å². The maximum atomic E-state index is 13.3. The molecule has 0 spiro atoms. The molecule has 28 heavy (non-hydrogen) atoms. The summed E-state index contributed by atoms with van der Waals surface area (Å²) in [6.07, 6.45) is 3.82. The number of benzene rings is 1. The molecule has 2 amide bonds. The molecule has 1 aliphatic heterocycles. The van der Waals surface area contributed by atoms with E-state index in [-0.39, 0.29) is 22.5 Å². The third kappa shape index (κ3) is 3.51. The van der Waals surface area contributed by atoms with Crippen LogP contribution in [0.1, 0.15) is 39.2 Å². The van der Waals surface area contributed by atoms with Gasteiger partial charge in [0.15, 0.2) is 15.6 Å². The lowest BCUT2D eigenvalue weighted by molar-refractivity contribution is -0.0468. The normalized spacial score (nSPS) is 20.4. The summed E-state index contributed by atoms with van der Waals surface area (Å²) in [4.78, 5) is 12.2. The summed E-state index contributed by atoms with van der Waals surface area (Å²) >= 11 is 0. The zero-order chi connectivity index (χ0) is 20.7. The number of sulfone groups is 1. The number of aromatic hydroxyl groups is 1. The van der Waals surface area contributed by atoms with Crippen LogP contribution >= 0.6 is 0 Å². The molecule has 1 aliphatic carbocycles. The topological polar surface area (TPSA) is 105 Å². The van der Waals surface area contributed by atoms with Gasteiger partial charge in [0.1, 0.15) is 4.90 Å². The molecule has 1 saturated heterocycles. The van der Waals surface area contributed by atoms with E-state index in [0.717, 1.165) is 18.4 Å². The second kappa shape index (κ2) is 7.40. The molecular weight excluding hydrogens is 380 g/mol. The van der Waals surface area contributed by atoms with Crippen LogP contribution in [0.25, 0.3) is 0 Å². The van der Waals surface area contributed by atoms with Crippen LogP contribution in [0, 0.1) is 12.8 Å². The highest BCUT2D eigenvalue weighted by atomic mass is 32.2. The van der Waals surface area contributed by atoms with Gasteiger partial charge in [-0.2, -0.15) is 0 Å². The number of aryl methyl sites for hydroxylation is 1. The summed E-state index contributed by atoms with van der Waals surface area (Å²) < 4.78 is 30.7. The first-order valence-electron chi connectivity index (χ1n) is 9.45. The highest BCUT2D eigenvalue weighted by Gasteiger charge is 2.47. The van der Waals surface area contributed by atoms with Gasteiger partial charge in [0.25, 0.3) is 0 Å². The number of allylic oxidation sites excluding steroid dienone is 1. The number of amides is 2. The number of rotatable bonds is 5. The highest BCUT2D eigenvalue weighted by Crippen LogP contribution is 2.43. The van der Waals surface area contributed by atoms with Crippen LogP contribution in [-0.2, 0) is 14.6 Å². The van der Waals surface area contributed by atoms with Crippen LogP contribution in [0.2, 0.25) is 0 Å². The Bertz CT molecular complexity index is 917. The Hall–Kier alpha value is -2.06. The van der Waals surface area contributed by atoms with Gasteiger partial charge < -0.3 is 20.5 Å². The van der Waals surface area contributed by atoms with Crippen molar-refractivity contribution in [3.63, 3.8) is 0 Å². The first kappa shape index (κ1) is 20.7. The molecule has 1 atom stereocenters. The lowest BCUT2D eigenvalue weighted by Gasteiger charge is -2.39. The van der Waals surface area contributed by atoms with Crippen LogP contribution in [0.4, 0.5) is 10.5 Å².